The lowest BCUT2D eigenvalue weighted by Gasteiger charge is -2.14. The lowest BCUT2D eigenvalue weighted by molar-refractivity contribution is 0.587. The molecule has 0 amide bonds. The normalized spacial score (nSPS) is 13.7. The Hall–Kier alpha value is -0.550. The summed E-state index contributed by atoms with van der Waals surface area (Å²) in [5, 5.41) is 0. The highest BCUT2D eigenvalue weighted by atomic mass is 79.9. The number of hydrogen-bond acceptors (Lipinski definition) is 2. The highest BCUT2D eigenvalue weighted by Crippen LogP contribution is 2.29. The summed E-state index contributed by atoms with van der Waals surface area (Å²) in [6.45, 7) is 5.74. The van der Waals surface area contributed by atoms with Crippen LogP contribution in [0.3, 0.4) is 0 Å². The number of nitrogens with one attached hydrogen (secondary N) is 1. The van der Waals surface area contributed by atoms with Crippen molar-refractivity contribution in [2.45, 2.75) is 25.6 Å². The zero-order valence-corrected chi connectivity index (χ0v) is 12.7. The Kier molecular flexibility index (Phi) is 5.01. The molecule has 5 heteroatoms. The van der Waals surface area contributed by atoms with E-state index in [1.54, 1.807) is 6.07 Å². The lowest BCUT2D eigenvalue weighted by atomic mass is 10.1. The molecule has 0 fully saturated rings. The molecule has 96 valence electrons. The Morgan fingerprint density at radius 3 is 2.35 bits per heavy atom. The van der Waals surface area contributed by atoms with Gasteiger partial charge in [0.05, 0.1) is 11.4 Å². The number of anilines is 1. The van der Waals surface area contributed by atoms with Gasteiger partial charge in [-0.15, -0.1) is 0 Å². The van der Waals surface area contributed by atoms with Gasteiger partial charge in [0.25, 0.3) is 0 Å². The maximum Gasteiger partial charge on any atom is 0.232 e. The first kappa shape index (κ1) is 14.5. The summed E-state index contributed by atoms with van der Waals surface area (Å²) in [6.07, 6.45) is 0. The molecular weight excluding hydrogens is 302 g/mol. The van der Waals surface area contributed by atoms with Gasteiger partial charge in [-0.2, -0.15) is 0 Å². The molecule has 1 aromatic carbocycles. The monoisotopic (exact) mass is 319 g/mol. The molecule has 0 aliphatic heterocycles. The van der Waals surface area contributed by atoms with Gasteiger partial charge in [-0.05, 0) is 24.5 Å². The van der Waals surface area contributed by atoms with Gasteiger partial charge in [0, 0.05) is 4.83 Å². The average Bonchev–Trinajstić information content (AvgIpc) is 2.14. The van der Waals surface area contributed by atoms with E-state index in [1.807, 2.05) is 39.0 Å². The van der Waals surface area contributed by atoms with Crippen LogP contribution in [0.25, 0.3) is 0 Å². The quantitative estimate of drug-likeness (QED) is 0.844. The number of alkyl halides is 1. The standard InChI is InChI=1S/C12H18BrNO2S/c1-9(2)8-17(15,16)14-12-7-5-4-6-11(12)10(3)13/h4-7,9-10,14H,8H2,1-3H3. The van der Waals surface area contributed by atoms with E-state index in [9.17, 15) is 8.42 Å². The first-order valence-corrected chi connectivity index (χ1v) is 8.12. The van der Waals surface area contributed by atoms with Gasteiger partial charge < -0.3 is 0 Å². The van der Waals surface area contributed by atoms with Crippen LogP contribution in [0.2, 0.25) is 0 Å². The van der Waals surface area contributed by atoms with Gasteiger partial charge in [-0.1, -0.05) is 48.0 Å². The zero-order valence-electron chi connectivity index (χ0n) is 10.3. The molecule has 0 saturated heterocycles. The molecule has 0 aromatic heterocycles. The molecule has 3 nitrogen and oxygen atoms in total. The van der Waals surface area contributed by atoms with Gasteiger partial charge >= 0.3 is 0 Å². The fraction of sp³-hybridized carbons (Fsp3) is 0.500. The van der Waals surface area contributed by atoms with Crippen LogP contribution < -0.4 is 4.72 Å². The summed E-state index contributed by atoms with van der Waals surface area (Å²) in [5.74, 6) is 0.249. The predicted octanol–water partition coefficient (Wildman–Crippen LogP) is 3.54. The number of sulfonamides is 1. The fourth-order valence-electron chi connectivity index (χ4n) is 1.58. The largest absolute Gasteiger partial charge is 0.283 e. The van der Waals surface area contributed by atoms with E-state index in [2.05, 4.69) is 20.7 Å². The Morgan fingerprint density at radius 1 is 1.24 bits per heavy atom. The second-order valence-electron chi connectivity index (χ2n) is 4.48. The van der Waals surface area contributed by atoms with Crippen molar-refractivity contribution >= 4 is 31.6 Å². The highest BCUT2D eigenvalue weighted by molar-refractivity contribution is 9.09. The molecule has 0 aliphatic rings. The summed E-state index contributed by atoms with van der Waals surface area (Å²) in [7, 11) is -3.26. The van der Waals surface area contributed by atoms with Crippen molar-refractivity contribution in [1.82, 2.24) is 0 Å². The molecule has 0 radical (unpaired) electrons. The van der Waals surface area contributed by atoms with Gasteiger partial charge in [0.15, 0.2) is 0 Å². The smallest absolute Gasteiger partial charge is 0.232 e. The SMILES string of the molecule is CC(C)CS(=O)(=O)Nc1ccccc1C(C)Br. The van der Waals surface area contributed by atoms with Crippen LogP contribution in [-0.4, -0.2) is 14.2 Å². The minimum absolute atomic E-state index is 0.112. The molecule has 0 saturated carbocycles. The van der Waals surface area contributed by atoms with Crippen molar-refractivity contribution in [1.29, 1.82) is 0 Å². The number of benzene rings is 1. The second kappa shape index (κ2) is 5.87. The summed E-state index contributed by atoms with van der Waals surface area (Å²) in [4.78, 5) is 0.112. The molecule has 0 aliphatic carbocycles. The lowest BCUT2D eigenvalue weighted by Crippen LogP contribution is -2.20. The number of halogens is 1. The molecule has 1 atom stereocenters. The third-order valence-corrected chi connectivity index (χ3v) is 4.34. The van der Waals surface area contributed by atoms with E-state index in [1.165, 1.54) is 0 Å². The molecule has 0 spiro atoms. The van der Waals surface area contributed by atoms with Crippen LogP contribution >= 0.6 is 15.9 Å². The van der Waals surface area contributed by atoms with Gasteiger partial charge in [-0.25, -0.2) is 8.42 Å². The predicted molar refractivity (Wildman–Crippen MR) is 76.0 cm³/mol. The third kappa shape index (κ3) is 4.68. The summed E-state index contributed by atoms with van der Waals surface area (Å²) >= 11 is 3.46. The van der Waals surface area contributed by atoms with E-state index in [0.717, 1.165) is 5.56 Å². The van der Waals surface area contributed by atoms with Gasteiger partial charge in [0.2, 0.25) is 10.0 Å². The average molecular weight is 320 g/mol. The zero-order chi connectivity index (χ0) is 13.1. The van der Waals surface area contributed by atoms with E-state index in [0.29, 0.717) is 5.69 Å². The Morgan fingerprint density at radius 2 is 1.82 bits per heavy atom. The van der Waals surface area contributed by atoms with Crippen LogP contribution in [-0.2, 0) is 10.0 Å². The topological polar surface area (TPSA) is 46.2 Å². The van der Waals surface area contributed by atoms with E-state index in [4.69, 9.17) is 0 Å². The fourth-order valence-corrected chi connectivity index (χ4v) is 3.47. The van der Waals surface area contributed by atoms with Gasteiger partial charge in [0.1, 0.15) is 0 Å². The van der Waals surface area contributed by atoms with Crippen LogP contribution in [0, 0.1) is 5.92 Å². The third-order valence-electron chi connectivity index (χ3n) is 2.21. The second-order valence-corrected chi connectivity index (χ2v) is 7.62. The first-order chi connectivity index (χ1) is 7.82. The number of rotatable bonds is 5. The van der Waals surface area contributed by atoms with Crippen molar-refractivity contribution < 1.29 is 8.42 Å². The van der Waals surface area contributed by atoms with E-state index >= 15 is 0 Å². The molecule has 0 bridgehead atoms. The maximum atomic E-state index is 11.9. The minimum Gasteiger partial charge on any atom is -0.283 e. The molecule has 1 aromatic rings. The summed E-state index contributed by atoms with van der Waals surface area (Å²) < 4.78 is 26.4. The van der Waals surface area contributed by atoms with Crippen LogP contribution in [0.1, 0.15) is 31.2 Å². The Labute approximate surface area is 112 Å². The van der Waals surface area contributed by atoms with Crippen molar-refractivity contribution in [3.63, 3.8) is 0 Å². The van der Waals surface area contributed by atoms with E-state index in [-0.39, 0.29) is 16.5 Å². The van der Waals surface area contributed by atoms with Crippen molar-refractivity contribution in [3.8, 4) is 0 Å². The number of hydrogen-bond donors (Lipinski definition) is 1. The maximum absolute atomic E-state index is 11.9. The van der Waals surface area contributed by atoms with Crippen LogP contribution in [0.4, 0.5) is 5.69 Å². The Balaban J connectivity index is 2.96. The molecule has 1 rings (SSSR count). The van der Waals surface area contributed by atoms with Crippen molar-refractivity contribution in [2.75, 3.05) is 10.5 Å². The van der Waals surface area contributed by atoms with Crippen LogP contribution in [0.5, 0.6) is 0 Å². The van der Waals surface area contributed by atoms with E-state index < -0.39 is 10.0 Å². The summed E-state index contributed by atoms with van der Waals surface area (Å²) in [5.41, 5.74) is 1.59. The molecule has 1 N–H and O–H groups in total. The van der Waals surface area contributed by atoms with Crippen LogP contribution in [0.15, 0.2) is 24.3 Å². The number of para-hydroxylation sites is 1. The molecular formula is C12H18BrNO2S. The van der Waals surface area contributed by atoms with Crippen molar-refractivity contribution in [3.05, 3.63) is 29.8 Å². The molecule has 0 heterocycles. The van der Waals surface area contributed by atoms with Crippen molar-refractivity contribution in [2.24, 2.45) is 5.92 Å². The first-order valence-electron chi connectivity index (χ1n) is 5.55. The summed E-state index contributed by atoms with van der Waals surface area (Å²) in [6, 6.07) is 7.41. The Bertz CT molecular complexity index is 469. The molecule has 1 unspecified atom stereocenters. The van der Waals surface area contributed by atoms with Gasteiger partial charge in [-0.3, -0.25) is 4.72 Å². The minimum atomic E-state index is -3.26. The molecule has 17 heavy (non-hydrogen) atoms. The highest BCUT2D eigenvalue weighted by Gasteiger charge is 2.15.